The molecular formula is C16H16N6O2. The largest absolute Gasteiger partial charge is 0.335 e. The minimum Gasteiger partial charge on any atom is -0.335 e. The van der Waals surface area contributed by atoms with Gasteiger partial charge in [-0.15, -0.1) is 0 Å². The van der Waals surface area contributed by atoms with Crippen LogP contribution >= 0.6 is 0 Å². The number of H-pyrrole nitrogens is 2. The molecule has 8 heteroatoms. The van der Waals surface area contributed by atoms with E-state index in [1.807, 2.05) is 0 Å². The first-order valence-corrected chi connectivity index (χ1v) is 7.86. The van der Waals surface area contributed by atoms with Crippen LogP contribution in [0.25, 0.3) is 10.9 Å². The van der Waals surface area contributed by atoms with Crippen LogP contribution in [0, 0.1) is 0 Å². The third-order valence-electron chi connectivity index (χ3n) is 4.34. The second-order valence-corrected chi connectivity index (χ2v) is 5.89. The van der Waals surface area contributed by atoms with E-state index in [0.717, 1.165) is 18.7 Å². The molecule has 3 aromatic rings. The van der Waals surface area contributed by atoms with E-state index in [9.17, 15) is 9.59 Å². The minimum absolute atomic E-state index is 0.0805. The van der Waals surface area contributed by atoms with Crippen LogP contribution in [0.15, 0.2) is 35.4 Å². The van der Waals surface area contributed by atoms with Gasteiger partial charge in [-0.05, 0) is 25.0 Å². The fraction of sp³-hybridized carbons (Fsp3) is 0.312. The third kappa shape index (κ3) is 2.55. The second kappa shape index (κ2) is 5.88. The van der Waals surface area contributed by atoms with Crippen molar-refractivity contribution >= 4 is 16.8 Å². The zero-order valence-corrected chi connectivity index (χ0v) is 12.9. The molecule has 1 fully saturated rings. The maximum Gasteiger partial charge on any atom is 0.289 e. The van der Waals surface area contributed by atoms with Gasteiger partial charge < -0.3 is 9.88 Å². The van der Waals surface area contributed by atoms with E-state index in [1.165, 1.54) is 6.33 Å². The van der Waals surface area contributed by atoms with E-state index < -0.39 is 0 Å². The van der Waals surface area contributed by atoms with Crippen LogP contribution in [0.5, 0.6) is 0 Å². The standard InChI is InChI=1S/C16H16N6O2/c23-15-11-5-1-2-6-12(11)19-14(20-15)16(24)22-7-3-4-10(8-22)13-17-9-18-21-13/h1-2,5-6,9-10H,3-4,7-8H2,(H,17,18,21)(H,19,20,23). The number of carbonyl (C=O) groups excluding carboxylic acids is 1. The summed E-state index contributed by atoms with van der Waals surface area (Å²) < 4.78 is 0. The number of aromatic amines is 2. The van der Waals surface area contributed by atoms with Crippen molar-refractivity contribution < 1.29 is 4.79 Å². The first-order chi connectivity index (χ1) is 11.7. The molecule has 8 nitrogen and oxygen atoms in total. The Kier molecular flexibility index (Phi) is 3.56. The molecule has 1 aliphatic heterocycles. The predicted octanol–water partition coefficient (Wildman–Crippen LogP) is 1.06. The van der Waals surface area contributed by atoms with E-state index in [1.54, 1.807) is 29.2 Å². The van der Waals surface area contributed by atoms with Gasteiger partial charge in [0.15, 0.2) is 5.82 Å². The molecule has 122 valence electrons. The molecule has 1 amide bonds. The van der Waals surface area contributed by atoms with Crippen molar-refractivity contribution in [2.75, 3.05) is 13.1 Å². The highest BCUT2D eigenvalue weighted by atomic mass is 16.2. The number of benzene rings is 1. The lowest BCUT2D eigenvalue weighted by atomic mass is 9.97. The molecule has 0 saturated carbocycles. The van der Waals surface area contributed by atoms with Crippen molar-refractivity contribution in [2.45, 2.75) is 18.8 Å². The molecule has 24 heavy (non-hydrogen) atoms. The van der Waals surface area contributed by atoms with Gasteiger partial charge in [-0.1, -0.05) is 12.1 Å². The minimum atomic E-state index is -0.298. The summed E-state index contributed by atoms with van der Waals surface area (Å²) in [6.45, 7) is 1.17. The summed E-state index contributed by atoms with van der Waals surface area (Å²) in [7, 11) is 0. The quantitative estimate of drug-likeness (QED) is 0.733. The second-order valence-electron chi connectivity index (χ2n) is 5.89. The van der Waals surface area contributed by atoms with Gasteiger partial charge >= 0.3 is 0 Å². The Balaban J connectivity index is 1.62. The molecule has 1 saturated heterocycles. The summed E-state index contributed by atoms with van der Waals surface area (Å²) in [5, 5.41) is 7.22. The summed E-state index contributed by atoms with van der Waals surface area (Å²) in [6.07, 6.45) is 3.29. The zero-order valence-electron chi connectivity index (χ0n) is 12.9. The Morgan fingerprint density at radius 3 is 3.00 bits per heavy atom. The Hall–Kier alpha value is -3.03. The highest BCUT2D eigenvalue weighted by Crippen LogP contribution is 2.24. The molecule has 4 rings (SSSR count). The van der Waals surface area contributed by atoms with Crippen molar-refractivity contribution in [1.82, 2.24) is 30.0 Å². The van der Waals surface area contributed by atoms with Gasteiger partial charge in [0.2, 0.25) is 0 Å². The number of aromatic nitrogens is 5. The number of likely N-dealkylation sites (tertiary alicyclic amines) is 1. The Bertz CT molecular complexity index is 933. The number of hydrogen-bond donors (Lipinski definition) is 2. The van der Waals surface area contributed by atoms with Gasteiger partial charge in [-0.2, -0.15) is 5.10 Å². The van der Waals surface area contributed by atoms with Crippen LogP contribution < -0.4 is 5.56 Å². The van der Waals surface area contributed by atoms with Gasteiger partial charge in [0, 0.05) is 19.0 Å². The van der Waals surface area contributed by atoms with Crippen molar-refractivity contribution in [1.29, 1.82) is 0 Å². The summed E-state index contributed by atoms with van der Waals surface area (Å²) in [4.78, 5) is 37.7. The van der Waals surface area contributed by atoms with E-state index in [2.05, 4.69) is 25.1 Å². The molecule has 1 aliphatic rings. The van der Waals surface area contributed by atoms with Crippen molar-refractivity contribution in [3.05, 3.63) is 52.6 Å². The van der Waals surface area contributed by atoms with Gasteiger partial charge in [-0.25, -0.2) is 9.97 Å². The maximum atomic E-state index is 12.8. The lowest BCUT2D eigenvalue weighted by Gasteiger charge is -2.31. The number of amides is 1. The normalized spacial score (nSPS) is 18.0. The molecule has 2 aromatic heterocycles. The summed E-state index contributed by atoms with van der Waals surface area (Å²) in [5.41, 5.74) is 0.223. The van der Waals surface area contributed by atoms with Crippen molar-refractivity contribution in [3.8, 4) is 0 Å². The molecule has 3 heterocycles. The number of hydrogen-bond acceptors (Lipinski definition) is 5. The third-order valence-corrected chi connectivity index (χ3v) is 4.34. The number of fused-ring (bicyclic) bond motifs is 1. The van der Waals surface area contributed by atoms with Crippen LogP contribution in [0.2, 0.25) is 0 Å². The topological polar surface area (TPSA) is 108 Å². The van der Waals surface area contributed by atoms with Gasteiger partial charge in [0.05, 0.1) is 10.9 Å². The Labute approximate surface area is 136 Å². The zero-order chi connectivity index (χ0) is 16.5. The Morgan fingerprint density at radius 2 is 2.17 bits per heavy atom. The van der Waals surface area contributed by atoms with Gasteiger partial charge in [0.25, 0.3) is 11.5 Å². The molecule has 0 aliphatic carbocycles. The smallest absolute Gasteiger partial charge is 0.289 e. The summed E-state index contributed by atoms with van der Waals surface area (Å²) in [5.74, 6) is 0.726. The predicted molar refractivity (Wildman–Crippen MR) is 86.6 cm³/mol. The number of piperidine rings is 1. The average Bonchev–Trinajstić information content (AvgIpc) is 3.16. The van der Waals surface area contributed by atoms with Crippen LogP contribution in [0.4, 0.5) is 0 Å². The fourth-order valence-corrected chi connectivity index (χ4v) is 3.13. The number of rotatable bonds is 2. The highest BCUT2D eigenvalue weighted by molar-refractivity contribution is 5.92. The van der Waals surface area contributed by atoms with E-state index in [0.29, 0.717) is 24.0 Å². The van der Waals surface area contributed by atoms with Crippen LogP contribution in [-0.4, -0.2) is 49.0 Å². The van der Waals surface area contributed by atoms with Crippen LogP contribution in [0.3, 0.4) is 0 Å². The lowest BCUT2D eigenvalue weighted by Crippen LogP contribution is -2.40. The van der Waals surface area contributed by atoms with E-state index in [-0.39, 0.29) is 23.2 Å². The molecule has 0 bridgehead atoms. The van der Waals surface area contributed by atoms with Crippen LogP contribution in [0.1, 0.15) is 35.2 Å². The average molecular weight is 324 g/mol. The highest BCUT2D eigenvalue weighted by Gasteiger charge is 2.28. The van der Waals surface area contributed by atoms with Gasteiger partial charge in [0.1, 0.15) is 12.2 Å². The molecule has 0 radical (unpaired) electrons. The number of carbonyl (C=O) groups is 1. The van der Waals surface area contributed by atoms with Crippen LogP contribution in [-0.2, 0) is 0 Å². The fourth-order valence-electron chi connectivity index (χ4n) is 3.13. The Morgan fingerprint density at radius 1 is 1.29 bits per heavy atom. The van der Waals surface area contributed by atoms with Gasteiger partial charge in [-0.3, -0.25) is 14.7 Å². The maximum absolute atomic E-state index is 12.8. The number of para-hydroxylation sites is 1. The molecule has 1 unspecified atom stereocenters. The van der Waals surface area contributed by atoms with E-state index in [4.69, 9.17) is 0 Å². The molecule has 0 spiro atoms. The SMILES string of the molecule is O=C(c1nc2ccccc2c(=O)[nH]1)N1CCCC(c2ncn[nH]2)C1. The molecule has 2 N–H and O–H groups in total. The molecular weight excluding hydrogens is 308 g/mol. The summed E-state index contributed by atoms with van der Waals surface area (Å²) >= 11 is 0. The van der Waals surface area contributed by atoms with E-state index >= 15 is 0 Å². The molecule has 1 aromatic carbocycles. The van der Waals surface area contributed by atoms with Crippen molar-refractivity contribution in [3.63, 3.8) is 0 Å². The van der Waals surface area contributed by atoms with Crippen molar-refractivity contribution in [2.24, 2.45) is 0 Å². The summed E-state index contributed by atoms with van der Waals surface area (Å²) in [6, 6.07) is 6.99. The molecule has 1 atom stereocenters. The number of nitrogens with one attached hydrogen (secondary N) is 2. The number of nitrogens with zero attached hydrogens (tertiary/aromatic N) is 4. The monoisotopic (exact) mass is 324 g/mol. The first-order valence-electron chi connectivity index (χ1n) is 7.86. The lowest BCUT2D eigenvalue weighted by molar-refractivity contribution is 0.0692. The first kappa shape index (κ1) is 14.6.